The molecule has 4 rings (SSSR count). The maximum Gasteiger partial charge on any atom is 0.338 e. The normalized spacial score (nSPS) is 15.4. The second kappa shape index (κ2) is 10.8. The fourth-order valence-electron chi connectivity index (χ4n) is 4.21. The molecule has 1 aliphatic rings. The summed E-state index contributed by atoms with van der Waals surface area (Å²) in [7, 11) is 1.47. The van der Waals surface area contributed by atoms with Gasteiger partial charge < -0.3 is 14.6 Å². The molecule has 0 saturated heterocycles. The van der Waals surface area contributed by atoms with E-state index in [9.17, 15) is 14.7 Å². The van der Waals surface area contributed by atoms with E-state index in [2.05, 4.69) is 11.6 Å². The zero-order valence-corrected chi connectivity index (χ0v) is 22.5. The number of allylic oxidation sites excluding steroid dienone is 2. The van der Waals surface area contributed by atoms with Gasteiger partial charge in [-0.25, -0.2) is 9.79 Å². The number of fused-ring (bicyclic) bond motifs is 1. The molecule has 0 aliphatic carbocycles. The van der Waals surface area contributed by atoms with Crippen LogP contribution < -0.4 is 19.6 Å². The van der Waals surface area contributed by atoms with Gasteiger partial charge in [0.2, 0.25) is 0 Å². The van der Waals surface area contributed by atoms with Gasteiger partial charge >= 0.3 is 5.97 Å². The third-order valence-corrected chi connectivity index (χ3v) is 7.06. The summed E-state index contributed by atoms with van der Waals surface area (Å²) < 4.78 is 12.8. The molecule has 2 heterocycles. The zero-order chi connectivity index (χ0) is 26.9. The van der Waals surface area contributed by atoms with Gasteiger partial charge in [-0.15, -0.1) is 6.58 Å². The summed E-state index contributed by atoms with van der Waals surface area (Å²) in [5, 5.41) is 11.0. The predicted molar refractivity (Wildman–Crippen MR) is 145 cm³/mol. The lowest BCUT2D eigenvalue weighted by atomic mass is 9.96. The highest BCUT2D eigenvalue weighted by molar-refractivity contribution is 7.07. The number of halogens is 1. The molecule has 2 aromatic carbocycles. The summed E-state index contributed by atoms with van der Waals surface area (Å²) in [6.07, 6.45) is 3.50. The lowest BCUT2D eigenvalue weighted by Gasteiger charge is -2.25. The monoisotopic (exact) mass is 538 g/mol. The van der Waals surface area contributed by atoms with Crippen molar-refractivity contribution in [2.75, 3.05) is 7.11 Å². The topological polar surface area (TPSA) is 90.1 Å². The molecule has 37 heavy (non-hydrogen) atoms. The van der Waals surface area contributed by atoms with Crippen molar-refractivity contribution in [2.45, 2.75) is 39.3 Å². The predicted octanol–water partition coefficient (Wildman–Crippen LogP) is 4.28. The Morgan fingerprint density at radius 3 is 2.62 bits per heavy atom. The molecule has 1 atom stereocenters. The molecule has 0 unspecified atom stereocenters. The van der Waals surface area contributed by atoms with Gasteiger partial charge in [-0.3, -0.25) is 9.36 Å². The summed E-state index contributed by atoms with van der Waals surface area (Å²) in [5.41, 5.74) is 2.49. The van der Waals surface area contributed by atoms with Crippen molar-refractivity contribution in [1.82, 2.24) is 4.57 Å². The van der Waals surface area contributed by atoms with Gasteiger partial charge in [-0.1, -0.05) is 41.1 Å². The number of aromatic hydroxyl groups is 1. The van der Waals surface area contributed by atoms with Gasteiger partial charge in [0.25, 0.3) is 5.56 Å². The SMILES string of the molecule is C=CCc1cc(/C=c2/sc3n(c2=O)[C@H](c2ccc(Cl)cc2)C(C(=O)OC(C)C)=C(C)N=3)cc(OC)c1O. The highest BCUT2D eigenvalue weighted by Crippen LogP contribution is 2.33. The summed E-state index contributed by atoms with van der Waals surface area (Å²) in [6.45, 7) is 9.02. The Labute approximate surface area is 223 Å². The van der Waals surface area contributed by atoms with E-state index in [1.54, 1.807) is 69.3 Å². The van der Waals surface area contributed by atoms with Crippen LogP contribution in [0, 0.1) is 0 Å². The Balaban J connectivity index is 1.94. The number of hydrogen-bond donors (Lipinski definition) is 1. The van der Waals surface area contributed by atoms with Crippen molar-refractivity contribution >= 4 is 35.0 Å². The van der Waals surface area contributed by atoms with Crippen LogP contribution in [-0.4, -0.2) is 28.9 Å². The highest BCUT2D eigenvalue weighted by atomic mass is 35.5. The number of aromatic nitrogens is 1. The van der Waals surface area contributed by atoms with Gasteiger partial charge in [-0.2, -0.15) is 0 Å². The van der Waals surface area contributed by atoms with Gasteiger partial charge in [0.15, 0.2) is 16.3 Å². The van der Waals surface area contributed by atoms with Crippen LogP contribution in [-0.2, 0) is 16.0 Å². The first-order valence-corrected chi connectivity index (χ1v) is 12.8. The minimum absolute atomic E-state index is 0.0349. The molecule has 9 heteroatoms. The minimum atomic E-state index is -0.729. The maximum absolute atomic E-state index is 13.8. The summed E-state index contributed by atoms with van der Waals surface area (Å²) in [6, 6.07) is 9.73. The quantitative estimate of drug-likeness (QED) is 0.358. The molecule has 1 N–H and O–H groups in total. The molecule has 0 radical (unpaired) electrons. The van der Waals surface area contributed by atoms with Gasteiger partial charge in [0.1, 0.15) is 0 Å². The number of carbonyl (C=O) groups is 1. The van der Waals surface area contributed by atoms with Crippen molar-refractivity contribution in [2.24, 2.45) is 4.99 Å². The molecule has 192 valence electrons. The van der Waals surface area contributed by atoms with Crippen molar-refractivity contribution < 1.29 is 19.4 Å². The number of rotatable bonds is 7. The molecule has 7 nitrogen and oxygen atoms in total. The standard InChI is InChI=1S/C28H27ClN2O5S/c1-6-7-19-12-17(13-21(35-5)25(19)32)14-22-26(33)31-24(18-8-10-20(29)11-9-18)23(27(34)36-15(2)3)16(4)30-28(31)37-22/h6,8-15,24,32H,1,7H2,2-5H3/b22-14+/t24-/m1/s1. The van der Waals surface area contributed by atoms with E-state index >= 15 is 0 Å². The van der Waals surface area contributed by atoms with E-state index in [0.717, 1.165) is 0 Å². The number of phenolic OH excluding ortho intramolecular Hbond substituents is 1. The third-order valence-electron chi connectivity index (χ3n) is 5.83. The molecule has 0 spiro atoms. The Hall–Kier alpha value is -3.62. The van der Waals surface area contributed by atoms with Crippen LogP contribution in [0.3, 0.4) is 0 Å². The van der Waals surface area contributed by atoms with Crippen molar-refractivity contribution in [1.29, 1.82) is 0 Å². The fraction of sp³-hybridized carbons (Fsp3) is 0.250. The zero-order valence-electron chi connectivity index (χ0n) is 20.9. The molecule has 1 aromatic heterocycles. The number of carbonyl (C=O) groups excluding carboxylic acids is 1. The number of nitrogens with zero attached hydrogens (tertiary/aromatic N) is 2. The lowest BCUT2D eigenvalue weighted by molar-refractivity contribution is -0.143. The number of methoxy groups -OCH3 is 1. The van der Waals surface area contributed by atoms with Crippen molar-refractivity contribution in [3.63, 3.8) is 0 Å². The maximum atomic E-state index is 13.8. The Bertz CT molecular complexity index is 1580. The molecule has 0 saturated carbocycles. The van der Waals surface area contributed by atoms with E-state index in [1.807, 2.05) is 0 Å². The fourth-order valence-corrected chi connectivity index (χ4v) is 5.38. The molecule has 0 bridgehead atoms. The van der Waals surface area contributed by atoms with Crippen LogP contribution >= 0.6 is 22.9 Å². The largest absolute Gasteiger partial charge is 0.504 e. The Morgan fingerprint density at radius 2 is 2.00 bits per heavy atom. The molecular formula is C28H27ClN2O5S. The van der Waals surface area contributed by atoms with E-state index < -0.39 is 12.0 Å². The number of phenols is 1. The van der Waals surface area contributed by atoms with Gasteiger partial charge in [0.05, 0.1) is 35.1 Å². The Kier molecular flexibility index (Phi) is 7.71. The molecular weight excluding hydrogens is 512 g/mol. The number of thiazole rings is 1. The second-order valence-corrected chi connectivity index (χ2v) is 10.3. The van der Waals surface area contributed by atoms with Crippen LogP contribution in [0.5, 0.6) is 11.5 Å². The van der Waals surface area contributed by atoms with Gasteiger partial charge in [0, 0.05) is 10.6 Å². The summed E-state index contributed by atoms with van der Waals surface area (Å²) >= 11 is 7.34. The molecule has 0 fully saturated rings. The van der Waals surface area contributed by atoms with Crippen LogP contribution in [0.4, 0.5) is 0 Å². The van der Waals surface area contributed by atoms with Crippen LogP contribution in [0.1, 0.15) is 43.5 Å². The van der Waals surface area contributed by atoms with E-state index in [1.165, 1.54) is 23.0 Å². The number of hydrogen-bond acceptors (Lipinski definition) is 7. The first-order valence-electron chi connectivity index (χ1n) is 11.6. The van der Waals surface area contributed by atoms with Crippen molar-refractivity contribution in [3.8, 4) is 11.5 Å². The first kappa shape index (κ1) is 26.4. The lowest BCUT2D eigenvalue weighted by Crippen LogP contribution is -2.40. The average molecular weight is 539 g/mol. The molecule has 1 aliphatic heterocycles. The van der Waals surface area contributed by atoms with Crippen LogP contribution in [0.15, 0.2) is 70.1 Å². The van der Waals surface area contributed by atoms with Crippen LogP contribution in [0.2, 0.25) is 5.02 Å². The molecule has 0 amide bonds. The van der Waals surface area contributed by atoms with Crippen molar-refractivity contribution in [3.05, 3.63) is 102 Å². The average Bonchev–Trinajstić information content (AvgIpc) is 3.14. The minimum Gasteiger partial charge on any atom is -0.504 e. The van der Waals surface area contributed by atoms with Gasteiger partial charge in [-0.05, 0) is 68.7 Å². The number of benzene rings is 2. The smallest absolute Gasteiger partial charge is 0.338 e. The number of ether oxygens (including phenoxy) is 2. The number of esters is 1. The summed E-state index contributed by atoms with van der Waals surface area (Å²) in [4.78, 5) is 32.0. The summed E-state index contributed by atoms with van der Waals surface area (Å²) in [5.74, 6) is -0.192. The second-order valence-electron chi connectivity index (χ2n) is 8.81. The first-order chi connectivity index (χ1) is 17.6. The van der Waals surface area contributed by atoms with Crippen LogP contribution in [0.25, 0.3) is 6.08 Å². The highest BCUT2D eigenvalue weighted by Gasteiger charge is 2.33. The third kappa shape index (κ3) is 5.26. The van der Waals surface area contributed by atoms with E-state index in [0.29, 0.717) is 54.5 Å². The van der Waals surface area contributed by atoms with E-state index in [-0.39, 0.29) is 17.4 Å². The van der Waals surface area contributed by atoms with E-state index in [4.69, 9.17) is 21.1 Å². The molecule has 3 aromatic rings. The Morgan fingerprint density at radius 1 is 1.30 bits per heavy atom.